The molecule has 1 N–H and O–H groups in total. The quantitative estimate of drug-likeness (QED) is 0.738. The van der Waals surface area contributed by atoms with Crippen molar-refractivity contribution in [3.8, 4) is 11.5 Å². The summed E-state index contributed by atoms with van der Waals surface area (Å²) < 4.78 is 26.6. The summed E-state index contributed by atoms with van der Waals surface area (Å²) in [5, 5.41) is 2.97. The Hall–Kier alpha value is -3.35. The summed E-state index contributed by atoms with van der Waals surface area (Å²) in [4.78, 5) is 17.1. The summed E-state index contributed by atoms with van der Waals surface area (Å²) in [5.41, 5.74) is 1.43. The second-order valence-corrected chi connectivity index (χ2v) is 6.61. The number of nitrogens with zero attached hydrogens (tertiary/aromatic N) is 2. The van der Waals surface area contributed by atoms with Gasteiger partial charge in [-0.3, -0.25) is 4.79 Å². The van der Waals surface area contributed by atoms with Crippen LogP contribution in [-0.2, 0) is 18.3 Å². The number of nitrogens with one attached hydrogen (secondary N) is 1. The first-order valence-electron chi connectivity index (χ1n) is 9.01. The average molecular weight is 381 g/mol. The zero-order valence-electron chi connectivity index (χ0n) is 15.4. The van der Waals surface area contributed by atoms with Gasteiger partial charge in [-0.2, -0.15) is 0 Å². The first kappa shape index (κ1) is 18.0. The Morgan fingerprint density at radius 2 is 2.04 bits per heavy atom. The van der Waals surface area contributed by atoms with Gasteiger partial charge in [0, 0.05) is 19.4 Å². The van der Waals surface area contributed by atoms with Crippen molar-refractivity contribution in [2.24, 2.45) is 7.05 Å². The lowest BCUT2D eigenvalue weighted by Crippen LogP contribution is -2.32. The molecule has 1 aliphatic heterocycles. The molecule has 3 aromatic rings. The van der Waals surface area contributed by atoms with Gasteiger partial charge in [-0.05, 0) is 35.4 Å². The van der Waals surface area contributed by atoms with Crippen molar-refractivity contribution in [1.82, 2.24) is 14.9 Å². The number of amides is 1. The first-order chi connectivity index (χ1) is 13.6. The monoisotopic (exact) mass is 381 g/mol. The maximum atomic E-state index is 13.7. The summed E-state index contributed by atoms with van der Waals surface area (Å²) in [5.74, 6) is 1.39. The smallest absolute Gasteiger partial charge is 0.225 e. The van der Waals surface area contributed by atoms with E-state index in [0.29, 0.717) is 36.1 Å². The van der Waals surface area contributed by atoms with E-state index in [1.807, 2.05) is 19.2 Å². The zero-order valence-corrected chi connectivity index (χ0v) is 15.4. The number of carbonyl (C=O) groups is 1. The van der Waals surface area contributed by atoms with Crippen molar-refractivity contribution in [2.45, 2.75) is 12.5 Å². The van der Waals surface area contributed by atoms with Gasteiger partial charge < -0.3 is 19.4 Å². The summed E-state index contributed by atoms with van der Waals surface area (Å²) >= 11 is 0. The van der Waals surface area contributed by atoms with Gasteiger partial charge in [0.15, 0.2) is 11.5 Å². The fraction of sp³-hybridized carbons (Fsp3) is 0.238. The summed E-state index contributed by atoms with van der Waals surface area (Å²) in [7, 11) is 1.83. The van der Waals surface area contributed by atoms with E-state index in [9.17, 15) is 9.18 Å². The van der Waals surface area contributed by atoms with Gasteiger partial charge in [-0.25, -0.2) is 9.37 Å². The molecule has 0 radical (unpaired) electrons. The Balaban J connectivity index is 1.55. The van der Waals surface area contributed by atoms with Crippen molar-refractivity contribution in [1.29, 1.82) is 0 Å². The van der Waals surface area contributed by atoms with Gasteiger partial charge in [0.2, 0.25) is 5.91 Å². The summed E-state index contributed by atoms with van der Waals surface area (Å²) in [6, 6.07) is 11.1. The van der Waals surface area contributed by atoms with Crippen LogP contribution in [-0.4, -0.2) is 28.7 Å². The van der Waals surface area contributed by atoms with Crippen molar-refractivity contribution < 1.29 is 18.7 Å². The van der Waals surface area contributed by atoms with Crippen LogP contribution in [0.5, 0.6) is 11.5 Å². The second kappa shape index (κ2) is 7.72. The Morgan fingerprint density at radius 3 is 2.79 bits per heavy atom. The molecule has 0 aliphatic carbocycles. The van der Waals surface area contributed by atoms with Gasteiger partial charge in [0.1, 0.15) is 30.9 Å². The SMILES string of the molecule is Cn1ccnc1C(NC(=O)Cc1ccc2c(c1)OCCO2)c1cccc(F)c1. The molecule has 1 aliphatic rings. The molecule has 0 fully saturated rings. The number of halogens is 1. The van der Waals surface area contributed by atoms with E-state index in [4.69, 9.17) is 9.47 Å². The topological polar surface area (TPSA) is 65.4 Å². The Bertz CT molecular complexity index is 1000. The van der Waals surface area contributed by atoms with E-state index in [-0.39, 0.29) is 18.1 Å². The lowest BCUT2D eigenvalue weighted by molar-refractivity contribution is -0.121. The van der Waals surface area contributed by atoms with Crippen molar-refractivity contribution in [3.63, 3.8) is 0 Å². The molecule has 0 saturated carbocycles. The maximum absolute atomic E-state index is 13.7. The van der Waals surface area contributed by atoms with Crippen LogP contribution in [0.25, 0.3) is 0 Å². The largest absolute Gasteiger partial charge is 0.486 e. The molecular formula is C21H20FN3O3. The molecule has 2 aromatic carbocycles. The number of aromatic nitrogens is 2. The lowest BCUT2D eigenvalue weighted by atomic mass is 10.0. The van der Waals surface area contributed by atoms with E-state index in [1.54, 1.807) is 35.2 Å². The van der Waals surface area contributed by atoms with E-state index in [0.717, 1.165) is 5.56 Å². The molecular weight excluding hydrogens is 361 g/mol. The number of carbonyl (C=O) groups excluding carboxylic acids is 1. The average Bonchev–Trinajstić information content (AvgIpc) is 3.11. The first-order valence-corrected chi connectivity index (χ1v) is 9.01. The molecule has 2 heterocycles. The highest BCUT2D eigenvalue weighted by atomic mass is 19.1. The number of benzene rings is 2. The molecule has 1 atom stereocenters. The van der Waals surface area contributed by atoms with Gasteiger partial charge >= 0.3 is 0 Å². The zero-order chi connectivity index (χ0) is 19.5. The number of aryl methyl sites for hydroxylation is 1. The predicted molar refractivity (Wildman–Crippen MR) is 101 cm³/mol. The van der Waals surface area contributed by atoms with Crippen LogP contribution in [0.1, 0.15) is 23.0 Å². The standard InChI is InChI=1S/C21H20FN3O3/c1-25-8-7-23-21(25)20(15-3-2-4-16(22)13-15)24-19(26)12-14-5-6-17-18(11-14)28-10-9-27-17/h2-8,11,13,20H,9-10,12H2,1H3,(H,24,26). The van der Waals surface area contributed by atoms with Crippen LogP contribution in [0.4, 0.5) is 4.39 Å². The third-order valence-electron chi connectivity index (χ3n) is 4.58. The van der Waals surface area contributed by atoms with E-state index in [2.05, 4.69) is 10.3 Å². The maximum Gasteiger partial charge on any atom is 0.225 e. The van der Waals surface area contributed by atoms with Crippen LogP contribution in [0.2, 0.25) is 0 Å². The van der Waals surface area contributed by atoms with Crippen LogP contribution >= 0.6 is 0 Å². The Labute approximate surface area is 161 Å². The Kier molecular flexibility index (Phi) is 4.97. The molecule has 4 rings (SSSR count). The number of imidazole rings is 1. The summed E-state index contributed by atoms with van der Waals surface area (Å²) in [6.45, 7) is 1.01. The fourth-order valence-electron chi connectivity index (χ4n) is 3.23. The number of hydrogen-bond acceptors (Lipinski definition) is 4. The fourth-order valence-corrected chi connectivity index (χ4v) is 3.23. The third kappa shape index (κ3) is 3.83. The molecule has 144 valence electrons. The van der Waals surface area contributed by atoms with Crippen molar-refractivity contribution >= 4 is 5.91 Å². The minimum atomic E-state index is -0.555. The van der Waals surface area contributed by atoms with E-state index >= 15 is 0 Å². The minimum absolute atomic E-state index is 0.160. The van der Waals surface area contributed by atoms with Crippen LogP contribution in [0.15, 0.2) is 54.9 Å². The normalized spacial score (nSPS) is 13.8. The van der Waals surface area contributed by atoms with Crippen molar-refractivity contribution in [3.05, 3.63) is 77.6 Å². The second-order valence-electron chi connectivity index (χ2n) is 6.61. The highest BCUT2D eigenvalue weighted by Crippen LogP contribution is 2.31. The molecule has 1 aromatic heterocycles. The highest BCUT2D eigenvalue weighted by molar-refractivity contribution is 5.79. The lowest BCUT2D eigenvalue weighted by Gasteiger charge is -2.20. The molecule has 0 saturated heterocycles. The van der Waals surface area contributed by atoms with Crippen molar-refractivity contribution in [2.75, 3.05) is 13.2 Å². The number of fused-ring (bicyclic) bond motifs is 1. The third-order valence-corrected chi connectivity index (χ3v) is 4.58. The van der Waals surface area contributed by atoms with Gasteiger partial charge in [-0.15, -0.1) is 0 Å². The number of hydrogen-bond donors (Lipinski definition) is 1. The predicted octanol–water partition coefficient (Wildman–Crippen LogP) is 2.78. The molecule has 0 spiro atoms. The molecule has 6 nitrogen and oxygen atoms in total. The van der Waals surface area contributed by atoms with Gasteiger partial charge in [0.05, 0.1) is 6.42 Å². The highest BCUT2D eigenvalue weighted by Gasteiger charge is 2.22. The molecule has 1 amide bonds. The van der Waals surface area contributed by atoms with Gasteiger partial charge in [0.25, 0.3) is 0 Å². The number of ether oxygens (including phenoxy) is 2. The minimum Gasteiger partial charge on any atom is -0.486 e. The van der Waals surface area contributed by atoms with Crippen LogP contribution < -0.4 is 14.8 Å². The summed E-state index contributed by atoms with van der Waals surface area (Å²) in [6.07, 6.45) is 3.59. The Morgan fingerprint density at radius 1 is 1.21 bits per heavy atom. The molecule has 28 heavy (non-hydrogen) atoms. The molecule has 7 heteroatoms. The molecule has 1 unspecified atom stereocenters. The molecule has 0 bridgehead atoms. The van der Waals surface area contributed by atoms with Crippen LogP contribution in [0.3, 0.4) is 0 Å². The van der Waals surface area contributed by atoms with Crippen LogP contribution in [0, 0.1) is 5.82 Å². The van der Waals surface area contributed by atoms with Gasteiger partial charge in [-0.1, -0.05) is 18.2 Å². The van der Waals surface area contributed by atoms with E-state index < -0.39 is 6.04 Å². The number of rotatable bonds is 5. The van der Waals surface area contributed by atoms with E-state index in [1.165, 1.54) is 12.1 Å².